The second kappa shape index (κ2) is 27.6. The van der Waals surface area contributed by atoms with Crippen molar-refractivity contribution in [3.63, 3.8) is 0 Å². The average molecular weight is 634 g/mol. The summed E-state index contributed by atoms with van der Waals surface area (Å²) >= 11 is 6.93. The van der Waals surface area contributed by atoms with E-state index in [4.69, 9.17) is 21.7 Å². The van der Waals surface area contributed by atoms with E-state index in [9.17, 15) is 4.79 Å². The Morgan fingerprint density at radius 1 is 0.842 bits per heavy atom. The molecule has 1 aromatic rings. The zero-order valence-corrected chi connectivity index (χ0v) is 27.1. The van der Waals surface area contributed by atoms with E-state index in [1.165, 1.54) is 83.5 Å². The molecule has 0 aliphatic carbocycles. The van der Waals surface area contributed by atoms with Crippen LogP contribution in [0.2, 0.25) is 0 Å². The zero-order valence-electron chi connectivity index (χ0n) is 23.9. The fourth-order valence-corrected chi connectivity index (χ4v) is 4.94. The number of carbonyl (C=O) groups is 1. The lowest BCUT2D eigenvalue weighted by Crippen LogP contribution is -3.00. The summed E-state index contributed by atoms with van der Waals surface area (Å²) in [6.07, 6.45) is 24.4. The van der Waals surface area contributed by atoms with Crippen LogP contribution in [-0.4, -0.2) is 30.9 Å². The number of hydrogen-bond donors (Lipinski definition) is 1. The minimum atomic E-state index is -0.178. The minimum Gasteiger partial charge on any atom is -1.00 e. The molecule has 0 spiro atoms. The molecular weight excluding hydrogens is 580 g/mol. The number of thiocarbonyl (C=S) groups is 1. The number of carbonyl (C=O) groups excluding carboxylic acids is 1. The Balaban J connectivity index is 0.0000137. The zero-order chi connectivity index (χ0) is 26.8. The van der Waals surface area contributed by atoms with Crippen molar-refractivity contribution in [2.75, 3.05) is 19.8 Å². The van der Waals surface area contributed by atoms with Crippen LogP contribution in [-0.2, 0) is 20.8 Å². The number of aromatic nitrogens is 1. The number of rotatable bonds is 25. The smallest absolute Gasteiger partial charge is 0.306 e. The SMILES string of the molecule is C=C(COC(=O)CCCCC[n+]1ccsc1)COC(=S)NCCCCCCCCCCCCCCCC.[Br-]. The van der Waals surface area contributed by atoms with Crippen molar-refractivity contribution in [1.29, 1.82) is 0 Å². The van der Waals surface area contributed by atoms with Crippen LogP contribution in [0.15, 0.2) is 29.2 Å². The Bertz CT molecular complexity index is 702. The molecule has 0 radical (unpaired) electrons. The van der Waals surface area contributed by atoms with Crippen LogP contribution in [0, 0.1) is 0 Å². The number of unbranched alkanes of at least 4 members (excludes halogenated alkanes) is 15. The number of nitrogens with zero attached hydrogens (tertiary/aromatic N) is 1. The highest BCUT2D eigenvalue weighted by molar-refractivity contribution is 7.80. The van der Waals surface area contributed by atoms with Crippen molar-refractivity contribution in [2.24, 2.45) is 0 Å². The van der Waals surface area contributed by atoms with Gasteiger partial charge in [0.1, 0.15) is 19.8 Å². The van der Waals surface area contributed by atoms with Crippen LogP contribution >= 0.6 is 23.6 Å². The van der Waals surface area contributed by atoms with Crippen molar-refractivity contribution >= 4 is 34.7 Å². The normalized spacial score (nSPS) is 10.6. The third kappa shape index (κ3) is 24.1. The van der Waals surface area contributed by atoms with E-state index in [1.54, 1.807) is 11.3 Å². The van der Waals surface area contributed by atoms with Crippen molar-refractivity contribution in [2.45, 2.75) is 129 Å². The quantitative estimate of drug-likeness (QED) is 0.0536. The summed E-state index contributed by atoms with van der Waals surface area (Å²) in [5.74, 6) is -0.178. The van der Waals surface area contributed by atoms with Gasteiger partial charge in [0.25, 0.3) is 5.17 Å². The minimum absolute atomic E-state index is 0. The summed E-state index contributed by atoms with van der Waals surface area (Å²) in [7, 11) is 0. The standard InChI is InChI=1S/C30H52N2O3S2.BrH/c1-3-4-5-6-7-8-9-10-11-12-13-14-15-18-21-31-30(36)35-26-28(2)25-34-29(33)20-17-16-19-22-32-23-24-37-27-32;/h23-24,27H,2-22,25-26H2,1H3;1H. The van der Waals surface area contributed by atoms with Crippen molar-refractivity contribution in [3.05, 3.63) is 29.2 Å². The number of aryl methyl sites for hydroxylation is 1. The van der Waals surface area contributed by atoms with E-state index >= 15 is 0 Å². The van der Waals surface area contributed by atoms with E-state index in [-0.39, 0.29) is 36.2 Å². The molecule has 0 aliphatic heterocycles. The molecule has 0 fully saturated rings. The lowest BCUT2D eigenvalue weighted by atomic mass is 10.0. The summed E-state index contributed by atoms with van der Waals surface area (Å²) in [5.41, 5.74) is 2.81. The Kier molecular flexibility index (Phi) is 26.9. The van der Waals surface area contributed by atoms with Crippen molar-refractivity contribution in [3.8, 4) is 0 Å². The third-order valence-corrected chi connectivity index (χ3v) is 7.40. The maximum Gasteiger partial charge on any atom is 0.306 e. The second-order valence-electron chi connectivity index (χ2n) is 10.1. The number of nitrogens with one attached hydrogen (secondary N) is 1. The molecule has 8 heteroatoms. The van der Waals surface area contributed by atoms with Crippen molar-refractivity contribution in [1.82, 2.24) is 5.32 Å². The Morgan fingerprint density at radius 2 is 1.39 bits per heavy atom. The van der Waals surface area contributed by atoms with Gasteiger partial charge in [0.2, 0.25) is 5.51 Å². The highest BCUT2D eigenvalue weighted by atomic mass is 79.9. The molecule has 0 amide bonds. The summed E-state index contributed by atoms with van der Waals surface area (Å²) in [4.78, 5) is 11.9. The van der Waals surface area contributed by atoms with E-state index in [0.717, 1.165) is 38.8 Å². The molecule has 0 aliphatic rings. The van der Waals surface area contributed by atoms with Gasteiger partial charge in [-0.15, -0.1) is 0 Å². The number of halogens is 1. The van der Waals surface area contributed by atoms with E-state index in [0.29, 0.717) is 17.2 Å². The highest BCUT2D eigenvalue weighted by Crippen LogP contribution is 2.13. The molecule has 220 valence electrons. The molecule has 38 heavy (non-hydrogen) atoms. The molecule has 1 aromatic heterocycles. The summed E-state index contributed by atoms with van der Waals surface area (Å²) in [6.45, 7) is 8.49. The van der Waals surface area contributed by atoms with E-state index < -0.39 is 0 Å². The predicted octanol–water partition coefficient (Wildman–Crippen LogP) is 5.07. The fraction of sp³-hybridized carbons (Fsp3) is 0.767. The van der Waals surface area contributed by atoms with Crippen LogP contribution in [0.1, 0.15) is 122 Å². The molecule has 0 atom stereocenters. The first-order chi connectivity index (χ1) is 18.1. The van der Waals surface area contributed by atoms with Gasteiger partial charge >= 0.3 is 5.97 Å². The monoisotopic (exact) mass is 632 g/mol. The molecule has 0 unspecified atom stereocenters. The van der Waals surface area contributed by atoms with Gasteiger partial charge in [-0.25, -0.2) is 0 Å². The lowest BCUT2D eigenvalue weighted by molar-refractivity contribution is -0.692. The lowest BCUT2D eigenvalue weighted by Gasteiger charge is -2.11. The summed E-state index contributed by atoms with van der Waals surface area (Å²) in [5, 5.41) is 5.62. The highest BCUT2D eigenvalue weighted by Gasteiger charge is 2.07. The number of esters is 1. The first-order valence-corrected chi connectivity index (χ1v) is 16.1. The van der Waals surface area contributed by atoms with Gasteiger partial charge in [-0.2, -0.15) is 4.57 Å². The molecule has 0 aromatic carbocycles. The van der Waals surface area contributed by atoms with E-state index in [1.807, 2.05) is 0 Å². The molecule has 1 rings (SSSR count). The first-order valence-electron chi connectivity index (χ1n) is 14.8. The summed E-state index contributed by atoms with van der Waals surface area (Å²) in [6, 6.07) is 0. The van der Waals surface area contributed by atoms with Gasteiger partial charge in [-0.05, 0) is 37.1 Å². The van der Waals surface area contributed by atoms with Crippen LogP contribution in [0.4, 0.5) is 0 Å². The fourth-order valence-electron chi connectivity index (χ4n) is 4.15. The molecule has 1 heterocycles. The molecule has 1 N–H and O–H groups in total. The second-order valence-corrected chi connectivity index (χ2v) is 11.2. The average Bonchev–Trinajstić information content (AvgIpc) is 3.42. The molecular formula is C30H53BrN2O3S2. The molecule has 0 saturated heterocycles. The van der Waals surface area contributed by atoms with Gasteiger partial charge < -0.3 is 31.8 Å². The number of ether oxygens (including phenoxy) is 2. The van der Waals surface area contributed by atoms with Gasteiger partial charge in [0, 0.05) is 19.4 Å². The molecule has 5 nitrogen and oxygen atoms in total. The Hall–Kier alpha value is -0.990. The molecule has 0 saturated carbocycles. The third-order valence-electron chi connectivity index (χ3n) is 6.47. The van der Waals surface area contributed by atoms with Gasteiger partial charge in [-0.3, -0.25) is 4.79 Å². The van der Waals surface area contributed by atoms with Gasteiger partial charge in [0.15, 0.2) is 6.20 Å². The van der Waals surface area contributed by atoms with Crippen LogP contribution in [0.3, 0.4) is 0 Å². The van der Waals surface area contributed by atoms with Crippen LogP contribution < -0.4 is 26.9 Å². The maximum absolute atomic E-state index is 11.9. The Labute approximate surface area is 252 Å². The largest absolute Gasteiger partial charge is 1.00 e. The topological polar surface area (TPSA) is 51.4 Å². The van der Waals surface area contributed by atoms with Gasteiger partial charge in [-0.1, -0.05) is 108 Å². The first kappa shape index (κ1) is 37.0. The Morgan fingerprint density at radius 3 is 1.97 bits per heavy atom. The van der Waals surface area contributed by atoms with Crippen LogP contribution in [0.25, 0.3) is 0 Å². The number of hydrogen-bond acceptors (Lipinski definition) is 5. The van der Waals surface area contributed by atoms with Crippen molar-refractivity contribution < 1.29 is 35.8 Å². The molecule has 0 bridgehead atoms. The maximum atomic E-state index is 11.9. The summed E-state index contributed by atoms with van der Waals surface area (Å²) < 4.78 is 13.0. The van der Waals surface area contributed by atoms with Gasteiger partial charge in [0.05, 0.1) is 5.38 Å². The number of thiazole rings is 1. The predicted molar refractivity (Wildman–Crippen MR) is 160 cm³/mol. The van der Waals surface area contributed by atoms with E-state index in [2.05, 4.69) is 40.5 Å². The van der Waals surface area contributed by atoms with Crippen LogP contribution in [0.5, 0.6) is 0 Å².